The Morgan fingerprint density at radius 3 is 2.31 bits per heavy atom. The summed E-state index contributed by atoms with van der Waals surface area (Å²) in [6.45, 7) is 0.131. The first kappa shape index (κ1) is 9.79. The highest BCUT2D eigenvalue weighted by Crippen LogP contribution is 2.19. The third-order valence-electron chi connectivity index (χ3n) is 2.16. The quantitative estimate of drug-likeness (QED) is 0.622. The van der Waals surface area contributed by atoms with Gasteiger partial charge in [-0.1, -0.05) is 0 Å². The number of nitrogens with zero attached hydrogens (tertiary/aromatic N) is 1. The number of ether oxygens (including phenoxy) is 1. The van der Waals surface area contributed by atoms with Crippen LogP contribution in [0.3, 0.4) is 0 Å². The number of hydrogen-bond acceptors (Lipinski definition) is 3. The van der Waals surface area contributed by atoms with Gasteiger partial charge in [0.25, 0.3) is 0 Å². The molecule has 6 heteroatoms. The van der Waals surface area contributed by atoms with Crippen LogP contribution in [0.4, 0.5) is 4.79 Å². The minimum atomic E-state index is -1.11. The van der Waals surface area contributed by atoms with Crippen LogP contribution in [0, 0.1) is 5.92 Å². The number of carboxylic acid groups (broad SMARTS) is 2. The minimum absolute atomic E-state index is 0.00315. The Balaban J connectivity index is 2.66. The first-order valence-electron chi connectivity index (χ1n) is 3.79. The van der Waals surface area contributed by atoms with E-state index in [1.165, 1.54) is 7.11 Å². The minimum Gasteiger partial charge on any atom is -0.481 e. The van der Waals surface area contributed by atoms with Crippen molar-refractivity contribution in [2.24, 2.45) is 5.92 Å². The van der Waals surface area contributed by atoms with Gasteiger partial charge in [0.1, 0.15) is 5.92 Å². The zero-order valence-electron chi connectivity index (χ0n) is 7.14. The molecular formula is C7H11NO5. The van der Waals surface area contributed by atoms with Crippen molar-refractivity contribution in [3.8, 4) is 0 Å². The predicted molar refractivity (Wildman–Crippen MR) is 41.5 cm³/mol. The number of rotatable bonds is 2. The summed E-state index contributed by atoms with van der Waals surface area (Å²) in [6, 6.07) is 0. The summed E-state index contributed by atoms with van der Waals surface area (Å²) in [6.07, 6.45) is -1.64. The molecular weight excluding hydrogens is 178 g/mol. The molecule has 1 amide bonds. The summed E-state index contributed by atoms with van der Waals surface area (Å²) in [5.41, 5.74) is 0. The van der Waals surface area contributed by atoms with E-state index in [1.807, 2.05) is 0 Å². The Kier molecular flexibility index (Phi) is 2.72. The normalized spacial score (nSPS) is 27.6. The lowest BCUT2D eigenvalue weighted by molar-refractivity contribution is -0.144. The van der Waals surface area contributed by atoms with Crippen LogP contribution in [0.15, 0.2) is 0 Å². The van der Waals surface area contributed by atoms with Crippen molar-refractivity contribution in [1.82, 2.24) is 4.90 Å². The highest BCUT2D eigenvalue weighted by Gasteiger charge is 2.39. The zero-order valence-corrected chi connectivity index (χ0v) is 7.14. The average molecular weight is 189 g/mol. The summed E-state index contributed by atoms with van der Waals surface area (Å²) in [5, 5.41) is 17.3. The second-order valence-electron chi connectivity index (χ2n) is 2.91. The topological polar surface area (TPSA) is 87.1 Å². The number of carboxylic acids is 1. The number of methoxy groups -OCH3 is 1. The Hall–Kier alpha value is -1.30. The SMILES string of the molecule is CO[C@H]1CN(C(=O)O)C[C@H]1C(=O)O. The van der Waals surface area contributed by atoms with Gasteiger partial charge in [-0.2, -0.15) is 0 Å². The number of aliphatic carboxylic acids is 1. The summed E-state index contributed by atoms with van der Waals surface area (Å²) in [4.78, 5) is 22.2. The van der Waals surface area contributed by atoms with Crippen molar-refractivity contribution < 1.29 is 24.5 Å². The van der Waals surface area contributed by atoms with E-state index >= 15 is 0 Å². The van der Waals surface area contributed by atoms with Gasteiger partial charge in [-0.05, 0) is 0 Å². The van der Waals surface area contributed by atoms with Gasteiger partial charge in [-0.15, -0.1) is 0 Å². The molecule has 0 aromatic heterocycles. The Morgan fingerprint density at radius 1 is 1.38 bits per heavy atom. The molecule has 0 unspecified atom stereocenters. The van der Waals surface area contributed by atoms with E-state index in [0.717, 1.165) is 4.90 Å². The van der Waals surface area contributed by atoms with E-state index in [2.05, 4.69) is 0 Å². The second-order valence-corrected chi connectivity index (χ2v) is 2.91. The van der Waals surface area contributed by atoms with Crippen LogP contribution in [-0.2, 0) is 9.53 Å². The van der Waals surface area contributed by atoms with Gasteiger partial charge in [-0.3, -0.25) is 4.79 Å². The molecule has 1 rings (SSSR count). The molecule has 1 heterocycles. The van der Waals surface area contributed by atoms with Crippen molar-refractivity contribution in [3.05, 3.63) is 0 Å². The molecule has 0 aromatic carbocycles. The predicted octanol–water partition coefficient (Wildman–Crippen LogP) is -0.304. The Labute approximate surface area is 74.7 Å². The third kappa shape index (κ3) is 1.89. The van der Waals surface area contributed by atoms with Crippen LogP contribution in [0.25, 0.3) is 0 Å². The van der Waals surface area contributed by atoms with Gasteiger partial charge in [-0.25, -0.2) is 4.79 Å². The smallest absolute Gasteiger partial charge is 0.407 e. The van der Waals surface area contributed by atoms with E-state index in [4.69, 9.17) is 14.9 Å². The molecule has 74 valence electrons. The molecule has 6 nitrogen and oxygen atoms in total. The average Bonchev–Trinajstić information content (AvgIpc) is 2.47. The van der Waals surface area contributed by atoms with Gasteiger partial charge in [0.05, 0.1) is 12.6 Å². The second kappa shape index (κ2) is 3.61. The maximum absolute atomic E-state index is 10.6. The monoisotopic (exact) mass is 189 g/mol. The summed E-state index contributed by atoms with van der Waals surface area (Å²) >= 11 is 0. The van der Waals surface area contributed by atoms with Crippen molar-refractivity contribution in [2.45, 2.75) is 6.10 Å². The fourth-order valence-electron chi connectivity index (χ4n) is 1.41. The Morgan fingerprint density at radius 2 is 2.00 bits per heavy atom. The van der Waals surface area contributed by atoms with Gasteiger partial charge >= 0.3 is 12.1 Å². The Bertz CT molecular complexity index is 229. The largest absolute Gasteiger partial charge is 0.481 e. The number of amides is 1. The summed E-state index contributed by atoms with van der Waals surface area (Å²) < 4.78 is 4.88. The van der Waals surface area contributed by atoms with Crippen molar-refractivity contribution in [2.75, 3.05) is 20.2 Å². The highest BCUT2D eigenvalue weighted by atomic mass is 16.5. The van der Waals surface area contributed by atoms with Crippen LogP contribution in [-0.4, -0.2) is 53.5 Å². The summed E-state index contributed by atoms with van der Waals surface area (Å²) in [5.74, 6) is -1.77. The standard InChI is InChI=1S/C7H11NO5/c1-13-5-3-8(7(11)12)2-4(5)6(9)10/h4-5H,2-3H2,1H3,(H,9,10)(H,11,12)/t4-,5+/m1/s1. The molecule has 0 saturated carbocycles. The third-order valence-corrected chi connectivity index (χ3v) is 2.16. The van der Waals surface area contributed by atoms with Gasteiger partial charge in [0.15, 0.2) is 0 Å². The molecule has 1 fully saturated rings. The van der Waals surface area contributed by atoms with Crippen LogP contribution in [0.1, 0.15) is 0 Å². The fraction of sp³-hybridized carbons (Fsp3) is 0.714. The number of carbonyl (C=O) groups is 2. The molecule has 13 heavy (non-hydrogen) atoms. The molecule has 1 saturated heterocycles. The van der Waals surface area contributed by atoms with Crippen molar-refractivity contribution in [3.63, 3.8) is 0 Å². The van der Waals surface area contributed by atoms with E-state index in [-0.39, 0.29) is 13.1 Å². The van der Waals surface area contributed by atoms with Crippen LogP contribution in [0.2, 0.25) is 0 Å². The summed E-state index contributed by atoms with van der Waals surface area (Å²) in [7, 11) is 1.38. The van der Waals surface area contributed by atoms with Gasteiger partial charge < -0.3 is 19.8 Å². The first-order valence-corrected chi connectivity index (χ1v) is 3.79. The molecule has 1 aliphatic heterocycles. The lowest BCUT2D eigenvalue weighted by Crippen LogP contribution is -2.28. The fourth-order valence-corrected chi connectivity index (χ4v) is 1.41. The van der Waals surface area contributed by atoms with Crippen LogP contribution in [0.5, 0.6) is 0 Å². The lowest BCUT2D eigenvalue weighted by atomic mass is 10.1. The molecule has 0 spiro atoms. The van der Waals surface area contributed by atoms with Crippen molar-refractivity contribution in [1.29, 1.82) is 0 Å². The maximum atomic E-state index is 10.6. The van der Waals surface area contributed by atoms with E-state index in [9.17, 15) is 9.59 Å². The molecule has 0 aromatic rings. The van der Waals surface area contributed by atoms with Gasteiger partial charge in [0.2, 0.25) is 0 Å². The van der Waals surface area contributed by atoms with Crippen LogP contribution < -0.4 is 0 Å². The number of hydrogen-bond donors (Lipinski definition) is 2. The molecule has 0 radical (unpaired) electrons. The highest BCUT2D eigenvalue weighted by molar-refractivity contribution is 5.74. The van der Waals surface area contributed by atoms with E-state index in [0.29, 0.717) is 0 Å². The molecule has 2 atom stereocenters. The van der Waals surface area contributed by atoms with Gasteiger partial charge in [0, 0.05) is 13.7 Å². The molecule has 2 N–H and O–H groups in total. The van der Waals surface area contributed by atoms with E-state index < -0.39 is 24.1 Å². The van der Waals surface area contributed by atoms with Crippen LogP contribution >= 0.6 is 0 Å². The van der Waals surface area contributed by atoms with Crippen molar-refractivity contribution >= 4 is 12.1 Å². The zero-order chi connectivity index (χ0) is 10.0. The lowest BCUT2D eigenvalue weighted by Gasteiger charge is -2.10. The van der Waals surface area contributed by atoms with E-state index in [1.54, 1.807) is 0 Å². The maximum Gasteiger partial charge on any atom is 0.407 e. The molecule has 1 aliphatic rings. The molecule has 0 aliphatic carbocycles. The number of likely N-dealkylation sites (tertiary alicyclic amines) is 1. The first-order chi connectivity index (χ1) is 6.06. The molecule has 0 bridgehead atoms.